The number of hydrogen-bond acceptors (Lipinski definition) is 7. The molecule has 0 fully saturated rings. The number of hydrogen-bond donors (Lipinski definition) is 0. The Labute approximate surface area is 292 Å². The van der Waals surface area contributed by atoms with Gasteiger partial charge in [0.15, 0.2) is 28.9 Å². The smallest absolute Gasteiger partial charge is 0.229 e. The van der Waals surface area contributed by atoms with Crippen LogP contribution in [0, 0.1) is 0 Å². The maximum absolute atomic E-state index is 6.32. The molecule has 7 heteroatoms. The fraction of sp³-hybridized carbons (Fsp3) is 0. The van der Waals surface area contributed by atoms with Gasteiger partial charge in [-0.05, 0) is 51.9 Å². The fourth-order valence-electron chi connectivity index (χ4n) is 6.60. The SMILES string of the molecule is c1ccc(-c2nc(-c3ccccc3)nc(-c3ccc(-c4nc(-c5ccc6cc7ccccc7cc6c5)nc5c4oc4ncccc45)cc3)n2)cc1. The summed E-state index contributed by atoms with van der Waals surface area (Å²) in [5.41, 5.74) is 7.01. The quantitative estimate of drug-likeness (QED) is 0.171. The van der Waals surface area contributed by atoms with Crippen molar-refractivity contribution >= 4 is 43.7 Å². The van der Waals surface area contributed by atoms with E-state index in [0.29, 0.717) is 40.3 Å². The Balaban J connectivity index is 1.11. The van der Waals surface area contributed by atoms with Crippen LogP contribution in [0.4, 0.5) is 0 Å². The Bertz CT molecular complexity index is 2850. The lowest BCUT2D eigenvalue weighted by Crippen LogP contribution is -2.00. The molecule has 51 heavy (non-hydrogen) atoms. The molecule has 0 aliphatic rings. The van der Waals surface area contributed by atoms with Crippen LogP contribution in [0.1, 0.15) is 0 Å². The summed E-state index contributed by atoms with van der Waals surface area (Å²) in [6.45, 7) is 0. The molecule has 4 aromatic heterocycles. The summed E-state index contributed by atoms with van der Waals surface area (Å²) >= 11 is 0. The molecule has 0 bridgehead atoms. The van der Waals surface area contributed by atoms with Crippen molar-refractivity contribution < 1.29 is 4.42 Å². The first-order valence-corrected chi connectivity index (χ1v) is 16.7. The van der Waals surface area contributed by atoms with E-state index in [4.69, 9.17) is 29.3 Å². The van der Waals surface area contributed by atoms with Crippen LogP contribution in [0.3, 0.4) is 0 Å². The van der Waals surface area contributed by atoms with Crippen molar-refractivity contribution in [3.8, 4) is 56.8 Å². The lowest BCUT2D eigenvalue weighted by Gasteiger charge is -2.10. The van der Waals surface area contributed by atoms with Crippen LogP contribution in [-0.2, 0) is 0 Å². The van der Waals surface area contributed by atoms with Crippen molar-refractivity contribution in [1.29, 1.82) is 0 Å². The normalized spacial score (nSPS) is 11.5. The predicted octanol–water partition coefficient (Wildman–Crippen LogP) is 10.6. The number of nitrogens with zero attached hydrogens (tertiary/aromatic N) is 6. The van der Waals surface area contributed by atoms with Crippen molar-refractivity contribution in [2.24, 2.45) is 0 Å². The van der Waals surface area contributed by atoms with Gasteiger partial charge in [-0.15, -0.1) is 0 Å². The molecular formula is C44H26N6O. The Hall–Kier alpha value is -7.12. The van der Waals surface area contributed by atoms with Gasteiger partial charge in [0.25, 0.3) is 0 Å². The second-order valence-corrected chi connectivity index (χ2v) is 12.4. The summed E-state index contributed by atoms with van der Waals surface area (Å²) in [5, 5.41) is 5.53. The first kappa shape index (κ1) is 28.9. The standard InChI is InChI=1S/C44H26N6O/c1-3-10-28(11-4-1)40-48-41(29-12-5-2-6-13-29)50-42(49-40)30-19-17-27(18-20-30)37-39-38(36-16-9-23-45-44(36)51-39)47-43(46-37)34-22-21-33-24-31-14-7-8-15-32(31)25-35(33)26-34/h1-26H. The van der Waals surface area contributed by atoms with Gasteiger partial charge in [-0.1, -0.05) is 121 Å². The monoisotopic (exact) mass is 654 g/mol. The Morgan fingerprint density at radius 1 is 0.373 bits per heavy atom. The molecule has 7 nitrogen and oxygen atoms in total. The summed E-state index contributed by atoms with van der Waals surface area (Å²) < 4.78 is 6.32. The minimum absolute atomic E-state index is 0.522. The molecule has 10 aromatic rings. The maximum atomic E-state index is 6.32. The van der Waals surface area contributed by atoms with E-state index in [9.17, 15) is 0 Å². The summed E-state index contributed by atoms with van der Waals surface area (Å²) in [6.07, 6.45) is 1.73. The third-order valence-corrected chi connectivity index (χ3v) is 9.17. The summed E-state index contributed by atoms with van der Waals surface area (Å²) in [4.78, 5) is 29.3. The zero-order valence-corrected chi connectivity index (χ0v) is 27.1. The van der Waals surface area contributed by atoms with Gasteiger partial charge < -0.3 is 4.42 Å². The van der Waals surface area contributed by atoms with E-state index in [1.807, 2.05) is 97.1 Å². The van der Waals surface area contributed by atoms with Gasteiger partial charge in [0, 0.05) is 34.0 Å². The van der Waals surface area contributed by atoms with Gasteiger partial charge in [0.1, 0.15) is 11.2 Å². The van der Waals surface area contributed by atoms with Gasteiger partial charge >= 0.3 is 0 Å². The van der Waals surface area contributed by atoms with Crippen LogP contribution in [0.15, 0.2) is 162 Å². The van der Waals surface area contributed by atoms with Gasteiger partial charge in [0.2, 0.25) is 5.71 Å². The Morgan fingerprint density at radius 3 is 1.57 bits per heavy atom. The van der Waals surface area contributed by atoms with Gasteiger partial charge in [-0.3, -0.25) is 0 Å². The van der Waals surface area contributed by atoms with E-state index >= 15 is 0 Å². The van der Waals surface area contributed by atoms with Gasteiger partial charge in [0.05, 0.1) is 5.39 Å². The molecule has 0 unspecified atom stereocenters. The number of furan rings is 1. The molecule has 4 heterocycles. The Morgan fingerprint density at radius 2 is 0.902 bits per heavy atom. The molecule has 0 spiro atoms. The third-order valence-electron chi connectivity index (χ3n) is 9.17. The number of benzene rings is 6. The molecule has 0 atom stereocenters. The van der Waals surface area contributed by atoms with Crippen molar-refractivity contribution in [2.75, 3.05) is 0 Å². The topological polar surface area (TPSA) is 90.5 Å². The minimum Gasteiger partial charge on any atom is -0.434 e. The van der Waals surface area contributed by atoms with E-state index in [2.05, 4.69) is 59.6 Å². The van der Waals surface area contributed by atoms with E-state index in [-0.39, 0.29) is 0 Å². The first-order chi connectivity index (χ1) is 25.2. The largest absolute Gasteiger partial charge is 0.434 e. The maximum Gasteiger partial charge on any atom is 0.229 e. The molecule has 0 saturated carbocycles. The lowest BCUT2D eigenvalue weighted by molar-refractivity contribution is 0.652. The second kappa shape index (κ2) is 11.8. The average Bonchev–Trinajstić information content (AvgIpc) is 3.59. The second-order valence-electron chi connectivity index (χ2n) is 12.4. The molecule has 6 aromatic carbocycles. The molecule has 0 N–H and O–H groups in total. The molecule has 0 aliphatic carbocycles. The number of pyridine rings is 1. The van der Waals surface area contributed by atoms with E-state index in [1.165, 1.54) is 10.8 Å². The van der Waals surface area contributed by atoms with Gasteiger partial charge in [-0.2, -0.15) is 0 Å². The number of fused-ring (bicyclic) bond motifs is 5. The highest BCUT2D eigenvalue weighted by molar-refractivity contribution is 6.06. The summed E-state index contributed by atoms with van der Waals surface area (Å²) in [7, 11) is 0. The van der Waals surface area contributed by atoms with Crippen LogP contribution in [-0.4, -0.2) is 29.9 Å². The van der Waals surface area contributed by atoms with E-state index < -0.39 is 0 Å². The fourth-order valence-corrected chi connectivity index (χ4v) is 6.60. The first-order valence-electron chi connectivity index (χ1n) is 16.7. The van der Waals surface area contributed by atoms with Crippen molar-refractivity contribution in [3.05, 3.63) is 158 Å². The van der Waals surface area contributed by atoms with Crippen LogP contribution in [0.2, 0.25) is 0 Å². The summed E-state index contributed by atoms with van der Waals surface area (Å²) in [5.74, 6) is 2.42. The van der Waals surface area contributed by atoms with Crippen molar-refractivity contribution in [1.82, 2.24) is 29.9 Å². The number of aromatic nitrogens is 6. The molecule has 238 valence electrons. The van der Waals surface area contributed by atoms with Crippen molar-refractivity contribution in [3.63, 3.8) is 0 Å². The van der Waals surface area contributed by atoms with Crippen molar-refractivity contribution in [2.45, 2.75) is 0 Å². The molecule has 10 rings (SSSR count). The minimum atomic E-state index is 0.522. The molecule has 0 radical (unpaired) electrons. The predicted molar refractivity (Wildman–Crippen MR) is 203 cm³/mol. The van der Waals surface area contributed by atoms with Gasteiger partial charge in [-0.25, -0.2) is 29.9 Å². The molecule has 0 aliphatic heterocycles. The highest BCUT2D eigenvalue weighted by atomic mass is 16.3. The zero-order chi connectivity index (χ0) is 33.7. The van der Waals surface area contributed by atoms with E-state index in [1.54, 1.807) is 6.20 Å². The summed E-state index contributed by atoms with van der Waals surface area (Å²) in [6, 6.07) is 51.2. The van der Waals surface area contributed by atoms with Crippen LogP contribution in [0.25, 0.3) is 101 Å². The highest BCUT2D eigenvalue weighted by Gasteiger charge is 2.20. The van der Waals surface area contributed by atoms with Crippen LogP contribution in [0.5, 0.6) is 0 Å². The average molecular weight is 655 g/mol. The Kier molecular flexibility index (Phi) is 6.67. The molecular weight excluding hydrogens is 629 g/mol. The van der Waals surface area contributed by atoms with Crippen LogP contribution >= 0.6 is 0 Å². The highest BCUT2D eigenvalue weighted by Crippen LogP contribution is 2.36. The van der Waals surface area contributed by atoms with Crippen LogP contribution < -0.4 is 0 Å². The number of rotatable bonds is 5. The van der Waals surface area contributed by atoms with E-state index in [0.717, 1.165) is 49.5 Å². The molecule has 0 saturated heterocycles. The zero-order valence-electron chi connectivity index (χ0n) is 27.1. The molecule has 0 amide bonds. The lowest BCUT2D eigenvalue weighted by atomic mass is 10.0. The third kappa shape index (κ3) is 5.16.